The molecule has 0 fully saturated rings. The number of esters is 1. The second-order valence-corrected chi connectivity index (χ2v) is 19.6. The van der Waals surface area contributed by atoms with Crippen LogP contribution in [0.4, 0.5) is 0 Å². The third-order valence-electron chi connectivity index (χ3n) is 4.74. The van der Waals surface area contributed by atoms with E-state index in [1.54, 1.807) is 6.92 Å². The van der Waals surface area contributed by atoms with Crippen molar-refractivity contribution in [2.24, 2.45) is 0 Å². The van der Waals surface area contributed by atoms with Gasteiger partial charge >= 0.3 is 14.5 Å². The summed E-state index contributed by atoms with van der Waals surface area (Å²) in [6, 6.07) is 2.71. The number of aliphatic hydroxyl groups is 2. The topological polar surface area (TPSA) is 104 Å². The van der Waals surface area contributed by atoms with Crippen molar-refractivity contribution < 1.29 is 37.4 Å². The van der Waals surface area contributed by atoms with Crippen LogP contribution in [0.3, 0.4) is 0 Å². The van der Waals surface area contributed by atoms with Gasteiger partial charge in [-0.2, -0.15) is 0 Å². The van der Waals surface area contributed by atoms with Gasteiger partial charge in [0.1, 0.15) is 0 Å². The number of aliphatic hydroxyl groups excluding tert-OH is 2. The van der Waals surface area contributed by atoms with Gasteiger partial charge in [0.2, 0.25) is 0 Å². The van der Waals surface area contributed by atoms with Gasteiger partial charge in [0.25, 0.3) is 0 Å². The smallest absolute Gasteiger partial charge is 0.333 e. The predicted molar refractivity (Wildman–Crippen MR) is 134 cm³/mol. The average molecular weight is 511 g/mol. The fourth-order valence-electron chi connectivity index (χ4n) is 3.34. The van der Waals surface area contributed by atoms with Crippen LogP contribution in [0.15, 0.2) is 12.2 Å². The molecule has 190 valence electrons. The van der Waals surface area contributed by atoms with Crippen molar-refractivity contribution in [2.75, 3.05) is 46.2 Å². The molecular weight excluding hydrogens is 464 g/mol. The molecule has 0 bridgehead atoms. The molecule has 0 aliphatic heterocycles. The Morgan fingerprint density at radius 3 is 2.03 bits per heavy atom. The maximum absolute atomic E-state index is 11.6. The van der Waals surface area contributed by atoms with Crippen LogP contribution in [0, 0.1) is 0 Å². The molecule has 0 aliphatic rings. The Hall–Kier alpha value is -0.379. The van der Waals surface area contributed by atoms with Crippen molar-refractivity contribution in [1.29, 1.82) is 0 Å². The van der Waals surface area contributed by atoms with Crippen LogP contribution in [-0.2, 0) is 27.2 Å². The van der Waals surface area contributed by atoms with Crippen molar-refractivity contribution in [2.45, 2.75) is 70.5 Å². The Morgan fingerprint density at radius 2 is 1.47 bits per heavy atom. The fourth-order valence-corrected chi connectivity index (χ4v) is 16.3. The van der Waals surface area contributed by atoms with E-state index < -0.39 is 25.9 Å². The standard InChI is InChI=1S/C21H46O8Si3/c1-20(2)21(24)27-14-9-19-32(6,28-30(3)17-7-12-25-15-10-22)29-31(4,5)18-8-13-26-16-11-23/h22-23,30H,1,7-19H2,2-6H3. The molecule has 0 amide bonds. The third kappa shape index (κ3) is 17.1. The molecule has 11 heteroatoms. The first-order chi connectivity index (χ1) is 15.0. The molecule has 8 nitrogen and oxygen atoms in total. The summed E-state index contributed by atoms with van der Waals surface area (Å²) in [5, 5.41) is 17.6. The van der Waals surface area contributed by atoms with Crippen LogP contribution >= 0.6 is 0 Å². The van der Waals surface area contributed by atoms with Crippen LogP contribution in [0.2, 0.25) is 44.3 Å². The molecule has 2 unspecified atom stereocenters. The zero-order chi connectivity index (χ0) is 24.5. The zero-order valence-electron chi connectivity index (χ0n) is 20.8. The second kappa shape index (κ2) is 18.0. The molecule has 32 heavy (non-hydrogen) atoms. The Kier molecular flexibility index (Phi) is 17.8. The molecule has 0 saturated heterocycles. The fraction of sp³-hybridized carbons (Fsp3) is 0.857. The lowest BCUT2D eigenvalue weighted by Gasteiger charge is -2.38. The molecule has 2 N–H and O–H groups in total. The molecule has 2 atom stereocenters. The van der Waals surface area contributed by atoms with E-state index in [1.807, 2.05) is 0 Å². The van der Waals surface area contributed by atoms with E-state index in [0.29, 0.717) is 45.0 Å². The first-order valence-electron chi connectivity index (χ1n) is 11.6. The summed E-state index contributed by atoms with van der Waals surface area (Å²) in [6.07, 6.45) is 2.51. The molecule has 0 saturated carbocycles. The summed E-state index contributed by atoms with van der Waals surface area (Å²) in [7, 11) is -5.88. The second-order valence-electron chi connectivity index (χ2n) is 8.86. The first-order valence-corrected chi connectivity index (χ1v) is 19.7. The van der Waals surface area contributed by atoms with E-state index in [1.165, 1.54) is 0 Å². The van der Waals surface area contributed by atoms with Crippen molar-refractivity contribution in [3.63, 3.8) is 0 Å². The Bertz CT molecular complexity index is 521. The van der Waals surface area contributed by atoms with Crippen molar-refractivity contribution in [3.8, 4) is 0 Å². The third-order valence-corrected chi connectivity index (χ3v) is 16.3. The molecule has 0 spiro atoms. The van der Waals surface area contributed by atoms with Gasteiger partial charge < -0.3 is 32.7 Å². The van der Waals surface area contributed by atoms with Gasteiger partial charge in [-0.25, -0.2) is 4.79 Å². The van der Waals surface area contributed by atoms with Gasteiger partial charge in [0, 0.05) is 18.8 Å². The Morgan fingerprint density at radius 1 is 0.906 bits per heavy atom. The van der Waals surface area contributed by atoms with E-state index in [-0.39, 0.29) is 19.2 Å². The van der Waals surface area contributed by atoms with E-state index in [9.17, 15) is 4.79 Å². The molecule has 0 aromatic rings. The maximum atomic E-state index is 11.6. The highest BCUT2D eigenvalue weighted by Gasteiger charge is 2.39. The highest BCUT2D eigenvalue weighted by Crippen LogP contribution is 2.26. The lowest BCUT2D eigenvalue weighted by Crippen LogP contribution is -2.51. The van der Waals surface area contributed by atoms with Crippen LogP contribution in [0.5, 0.6) is 0 Å². The SMILES string of the molecule is C=C(C)C(=O)OCCC[Si](C)(O[SiH](C)CCCOCCO)O[Si](C)(C)CCCOCCO. The number of rotatable bonds is 21. The van der Waals surface area contributed by atoms with Crippen LogP contribution < -0.4 is 0 Å². The Labute approximate surface area is 198 Å². The zero-order valence-corrected chi connectivity index (χ0v) is 24.0. The van der Waals surface area contributed by atoms with Gasteiger partial charge in [-0.15, -0.1) is 0 Å². The van der Waals surface area contributed by atoms with Gasteiger partial charge in [0.05, 0.1) is 33.0 Å². The predicted octanol–water partition coefficient (Wildman–Crippen LogP) is 2.96. The minimum atomic E-state index is -2.45. The van der Waals surface area contributed by atoms with Crippen LogP contribution in [-0.4, -0.2) is 88.3 Å². The maximum Gasteiger partial charge on any atom is 0.333 e. The van der Waals surface area contributed by atoms with Gasteiger partial charge in [-0.3, -0.25) is 0 Å². The van der Waals surface area contributed by atoms with Crippen molar-refractivity contribution in [3.05, 3.63) is 12.2 Å². The van der Waals surface area contributed by atoms with E-state index in [0.717, 1.165) is 31.0 Å². The van der Waals surface area contributed by atoms with Crippen molar-refractivity contribution >= 4 is 31.9 Å². The van der Waals surface area contributed by atoms with Crippen LogP contribution in [0.25, 0.3) is 0 Å². The summed E-state index contributed by atoms with van der Waals surface area (Å²) in [5.41, 5.74) is 0.402. The van der Waals surface area contributed by atoms with Gasteiger partial charge in [-0.1, -0.05) is 6.58 Å². The number of carbonyl (C=O) groups excluding carboxylic acids is 1. The minimum Gasteiger partial charge on any atom is -0.462 e. The molecular formula is C21H46O8Si3. The summed E-state index contributed by atoms with van der Waals surface area (Å²) in [4.78, 5) is 11.6. The van der Waals surface area contributed by atoms with E-state index in [4.69, 9.17) is 32.7 Å². The summed E-state index contributed by atoms with van der Waals surface area (Å²) < 4.78 is 29.4. The molecule has 0 aromatic carbocycles. The number of carbonyl (C=O) groups is 1. The highest BCUT2D eigenvalue weighted by molar-refractivity contribution is 6.85. The van der Waals surface area contributed by atoms with Crippen LogP contribution in [0.1, 0.15) is 26.2 Å². The quantitative estimate of drug-likeness (QED) is 0.105. The highest BCUT2D eigenvalue weighted by atomic mass is 28.5. The number of ether oxygens (including phenoxy) is 3. The summed E-state index contributed by atoms with van der Waals surface area (Å²) >= 11 is 0. The minimum absolute atomic E-state index is 0.0413. The number of hydrogen-bond donors (Lipinski definition) is 2. The average Bonchev–Trinajstić information content (AvgIpc) is 2.70. The molecule has 0 heterocycles. The summed E-state index contributed by atoms with van der Waals surface area (Å²) in [5.74, 6) is -0.363. The monoisotopic (exact) mass is 510 g/mol. The molecule has 0 aromatic heterocycles. The van der Waals surface area contributed by atoms with Gasteiger partial charge in [0.15, 0.2) is 17.4 Å². The molecule has 0 rings (SSSR count). The largest absolute Gasteiger partial charge is 0.462 e. The van der Waals surface area contributed by atoms with E-state index in [2.05, 4.69) is 32.8 Å². The first kappa shape index (κ1) is 31.6. The lowest BCUT2D eigenvalue weighted by atomic mass is 10.4. The number of hydrogen-bond acceptors (Lipinski definition) is 8. The normalized spacial score (nSPS) is 14.7. The lowest BCUT2D eigenvalue weighted by molar-refractivity contribution is -0.138. The van der Waals surface area contributed by atoms with Gasteiger partial charge in [-0.05, 0) is 70.5 Å². The van der Waals surface area contributed by atoms with E-state index >= 15 is 0 Å². The molecule has 0 aliphatic carbocycles. The molecule has 0 radical (unpaired) electrons. The van der Waals surface area contributed by atoms with Crippen molar-refractivity contribution in [1.82, 2.24) is 0 Å². The Balaban J connectivity index is 4.80. The summed E-state index contributed by atoms with van der Waals surface area (Å²) in [6.45, 7) is 16.4.